The Morgan fingerprint density at radius 2 is 2.20 bits per heavy atom. The first-order valence-electron chi connectivity index (χ1n) is 8.20. The van der Waals surface area contributed by atoms with Crippen LogP contribution < -0.4 is 11.1 Å². The number of nitrogens with zero attached hydrogens (tertiary/aromatic N) is 2. The second kappa shape index (κ2) is 7.34. The number of nitrogen functional groups attached to an aromatic ring is 1. The Morgan fingerprint density at radius 3 is 3.00 bits per heavy atom. The van der Waals surface area contributed by atoms with E-state index in [1.807, 2.05) is 24.4 Å². The number of rotatable bonds is 6. The van der Waals surface area contributed by atoms with Gasteiger partial charge in [0.1, 0.15) is 11.9 Å². The highest BCUT2D eigenvalue weighted by atomic mass is 16.3. The summed E-state index contributed by atoms with van der Waals surface area (Å²) in [4.78, 5) is 7.23. The van der Waals surface area contributed by atoms with E-state index >= 15 is 0 Å². The summed E-state index contributed by atoms with van der Waals surface area (Å²) in [6.45, 7) is 2.45. The van der Waals surface area contributed by atoms with Gasteiger partial charge < -0.3 is 21.1 Å². The molecule has 6 heteroatoms. The third kappa shape index (κ3) is 3.79. The number of nitrogens with two attached hydrogens (primary N) is 1. The van der Waals surface area contributed by atoms with E-state index in [2.05, 4.69) is 34.3 Å². The standard InChI is InChI=1S/C19H21N5O/c1-12(6-14-9-23-17-5-3-2-4-16(14)17)22-11-18(25)15-7-13(8-20)19(21)24-10-15/h2-5,7,9-10,12,18,22-23,25H,6,11H2,1H3,(H2,21,24)/t12-,18-/m1/s1. The number of hydrogen-bond acceptors (Lipinski definition) is 5. The zero-order valence-electron chi connectivity index (χ0n) is 14.0. The van der Waals surface area contributed by atoms with Gasteiger partial charge in [0.2, 0.25) is 0 Å². The number of pyridine rings is 1. The van der Waals surface area contributed by atoms with Gasteiger partial charge in [-0.2, -0.15) is 5.26 Å². The minimum atomic E-state index is -0.745. The zero-order valence-corrected chi connectivity index (χ0v) is 14.0. The fourth-order valence-electron chi connectivity index (χ4n) is 2.90. The molecular formula is C19H21N5O. The van der Waals surface area contributed by atoms with Crippen molar-refractivity contribution < 1.29 is 5.11 Å². The first kappa shape index (κ1) is 17.0. The Hall–Kier alpha value is -2.88. The van der Waals surface area contributed by atoms with E-state index < -0.39 is 6.10 Å². The van der Waals surface area contributed by atoms with Gasteiger partial charge in [-0.1, -0.05) is 18.2 Å². The van der Waals surface area contributed by atoms with E-state index in [4.69, 9.17) is 11.0 Å². The molecule has 128 valence electrons. The van der Waals surface area contributed by atoms with Gasteiger partial charge in [0.05, 0.1) is 11.7 Å². The highest BCUT2D eigenvalue weighted by Gasteiger charge is 2.13. The number of para-hydroxylation sites is 1. The molecular weight excluding hydrogens is 314 g/mol. The largest absolute Gasteiger partial charge is 0.387 e. The molecule has 0 fully saturated rings. The summed E-state index contributed by atoms with van der Waals surface area (Å²) in [5.74, 6) is 0.180. The molecule has 1 aromatic carbocycles. The first-order chi connectivity index (χ1) is 12.1. The number of aliphatic hydroxyl groups excluding tert-OH is 1. The van der Waals surface area contributed by atoms with Crippen LogP contribution >= 0.6 is 0 Å². The molecule has 0 radical (unpaired) electrons. The van der Waals surface area contributed by atoms with Crippen molar-refractivity contribution in [3.63, 3.8) is 0 Å². The molecule has 0 aliphatic rings. The number of fused-ring (bicyclic) bond motifs is 1. The Labute approximate surface area is 146 Å². The van der Waals surface area contributed by atoms with Gasteiger partial charge in [-0.25, -0.2) is 4.98 Å². The highest BCUT2D eigenvalue weighted by molar-refractivity contribution is 5.83. The molecule has 0 aliphatic heterocycles. The number of anilines is 1. The number of aromatic amines is 1. The van der Waals surface area contributed by atoms with Crippen LogP contribution in [0.4, 0.5) is 5.82 Å². The highest BCUT2D eigenvalue weighted by Crippen LogP contribution is 2.20. The summed E-state index contributed by atoms with van der Waals surface area (Å²) in [5.41, 5.74) is 8.84. The van der Waals surface area contributed by atoms with E-state index in [-0.39, 0.29) is 17.4 Å². The molecule has 0 saturated heterocycles. The first-order valence-corrected chi connectivity index (χ1v) is 8.20. The van der Waals surface area contributed by atoms with Crippen molar-refractivity contribution in [1.82, 2.24) is 15.3 Å². The molecule has 0 bridgehead atoms. The van der Waals surface area contributed by atoms with Gasteiger partial charge in [-0.15, -0.1) is 0 Å². The quantitative estimate of drug-likeness (QED) is 0.552. The number of nitrogens with one attached hydrogen (secondary N) is 2. The fraction of sp³-hybridized carbons (Fsp3) is 0.263. The Balaban J connectivity index is 1.60. The lowest BCUT2D eigenvalue weighted by atomic mass is 10.1. The van der Waals surface area contributed by atoms with Crippen LogP contribution in [0.1, 0.15) is 29.7 Å². The summed E-state index contributed by atoms with van der Waals surface area (Å²) in [6.07, 6.45) is 3.64. The van der Waals surface area contributed by atoms with Gasteiger partial charge in [0.25, 0.3) is 0 Å². The predicted molar refractivity (Wildman–Crippen MR) is 97.8 cm³/mol. The minimum Gasteiger partial charge on any atom is -0.387 e. The van der Waals surface area contributed by atoms with Crippen molar-refractivity contribution in [2.75, 3.05) is 12.3 Å². The molecule has 0 amide bonds. The maximum absolute atomic E-state index is 10.3. The van der Waals surface area contributed by atoms with Crippen molar-refractivity contribution in [3.8, 4) is 6.07 Å². The van der Waals surface area contributed by atoms with Crippen LogP contribution in [-0.4, -0.2) is 27.7 Å². The van der Waals surface area contributed by atoms with Crippen molar-refractivity contribution in [1.29, 1.82) is 5.26 Å². The number of benzene rings is 1. The maximum Gasteiger partial charge on any atom is 0.141 e. The van der Waals surface area contributed by atoms with Gasteiger partial charge in [-0.05, 0) is 31.0 Å². The average Bonchev–Trinajstić information content (AvgIpc) is 3.03. The van der Waals surface area contributed by atoms with E-state index in [0.717, 1.165) is 11.9 Å². The Kier molecular flexibility index (Phi) is 4.98. The molecule has 0 aliphatic carbocycles. The molecule has 6 nitrogen and oxygen atoms in total. The summed E-state index contributed by atoms with van der Waals surface area (Å²) >= 11 is 0. The van der Waals surface area contributed by atoms with Gasteiger partial charge in [0.15, 0.2) is 0 Å². The average molecular weight is 335 g/mol. The molecule has 0 saturated carbocycles. The van der Waals surface area contributed by atoms with Gasteiger partial charge in [0, 0.05) is 41.4 Å². The monoisotopic (exact) mass is 335 g/mol. The number of aromatic nitrogens is 2. The Bertz CT molecular complexity index is 912. The van der Waals surface area contributed by atoms with Crippen LogP contribution in [0.2, 0.25) is 0 Å². The van der Waals surface area contributed by atoms with Crippen LogP contribution in [0.3, 0.4) is 0 Å². The molecule has 2 heterocycles. The van der Waals surface area contributed by atoms with Gasteiger partial charge in [-0.3, -0.25) is 0 Å². The third-order valence-electron chi connectivity index (χ3n) is 4.31. The minimum absolute atomic E-state index is 0.180. The fourth-order valence-corrected chi connectivity index (χ4v) is 2.90. The molecule has 3 aromatic rings. The number of aliphatic hydroxyl groups is 1. The second-order valence-electron chi connectivity index (χ2n) is 6.20. The van der Waals surface area contributed by atoms with Crippen LogP contribution in [-0.2, 0) is 6.42 Å². The molecule has 2 atom stereocenters. The SMILES string of the molecule is C[C@H](Cc1c[nH]c2ccccc12)NC[C@@H](O)c1cnc(N)c(C#N)c1. The lowest BCUT2D eigenvalue weighted by Crippen LogP contribution is -2.32. The third-order valence-corrected chi connectivity index (χ3v) is 4.31. The number of hydrogen-bond donors (Lipinski definition) is 4. The van der Waals surface area contributed by atoms with Crippen LogP contribution in [0.5, 0.6) is 0 Å². The van der Waals surface area contributed by atoms with Crippen molar-refractivity contribution in [3.05, 3.63) is 59.4 Å². The predicted octanol–water partition coefficient (Wildman–Crippen LogP) is 2.27. The van der Waals surface area contributed by atoms with E-state index in [1.165, 1.54) is 17.1 Å². The smallest absolute Gasteiger partial charge is 0.141 e. The van der Waals surface area contributed by atoms with Crippen LogP contribution in [0.25, 0.3) is 10.9 Å². The van der Waals surface area contributed by atoms with E-state index in [1.54, 1.807) is 6.07 Å². The molecule has 5 N–H and O–H groups in total. The van der Waals surface area contributed by atoms with E-state index in [0.29, 0.717) is 12.1 Å². The van der Waals surface area contributed by atoms with Crippen molar-refractivity contribution >= 4 is 16.7 Å². The summed E-state index contributed by atoms with van der Waals surface area (Å²) < 4.78 is 0. The van der Waals surface area contributed by atoms with Crippen LogP contribution in [0, 0.1) is 11.3 Å². The van der Waals surface area contributed by atoms with Crippen molar-refractivity contribution in [2.24, 2.45) is 0 Å². The lowest BCUT2D eigenvalue weighted by Gasteiger charge is -2.17. The maximum atomic E-state index is 10.3. The van der Waals surface area contributed by atoms with Crippen LogP contribution in [0.15, 0.2) is 42.7 Å². The second-order valence-corrected chi connectivity index (χ2v) is 6.20. The van der Waals surface area contributed by atoms with E-state index in [9.17, 15) is 5.11 Å². The molecule has 0 unspecified atom stereocenters. The summed E-state index contributed by atoms with van der Waals surface area (Å²) in [7, 11) is 0. The number of H-pyrrole nitrogens is 1. The van der Waals surface area contributed by atoms with Crippen molar-refractivity contribution in [2.45, 2.75) is 25.5 Å². The topological polar surface area (TPSA) is 111 Å². The Morgan fingerprint density at radius 1 is 1.40 bits per heavy atom. The molecule has 0 spiro atoms. The normalized spacial score (nSPS) is 13.5. The molecule has 25 heavy (non-hydrogen) atoms. The van der Waals surface area contributed by atoms with Gasteiger partial charge >= 0.3 is 0 Å². The lowest BCUT2D eigenvalue weighted by molar-refractivity contribution is 0.170. The summed E-state index contributed by atoms with van der Waals surface area (Å²) in [5, 5.41) is 23.9. The zero-order chi connectivity index (χ0) is 17.8. The molecule has 2 aromatic heterocycles. The molecule has 3 rings (SSSR count). The summed E-state index contributed by atoms with van der Waals surface area (Å²) in [6, 6.07) is 11.9. The number of nitriles is 1.